The van der Waals surface area contributed by atoms with Gasteiger partial charge >= 0.3 is 0 Å². The summed E-state index contributed by atoms with van der Waals surface area (Å²) in [6.07, 6.45) is 0. The summed E-state index contributed by atoms with van der Waals surface area (Å²) < 4.78 is 4.84. The second-order valence-electron chi connectivity index (χ2n) is 15.1. The molecular weight excluding hydrogens is 705 g/mol. The number of aromatic nitrogens is 4. The number of aryl methyl sites for hydroxylation is 2. The molecule has 4 nitrogen and oxygen atoms in total. The van der Waals surface area contributed by atoms with Crippen molar-refractivity contribution >= 4 is 43.6 Å². The third-order valence-electron chi connectivity index (χ3n) is 11.6. The Balaban J connectivity index is 1.25. The molecule has 0 fully saturated rings. The summed E-state index contributed by atoms with van der Waals surface area (Å²) in [4.78, 5) is 10.6. The van der Waals surface area contributed by atoms with E-state index in [0.29, 0.717) is 5.82 Å². The average Bonchev–Trinajstić information content (AvgIpc) is 3.79. The first kappa shape index (κ1) is 33.8. The number of fused-ring (bicyclic) bond motifs is 6. The molecule has 3 aromatic heterocycles. The van der Waals surface area contributed by atoms with Gasteiger partial charge in [-0.25, -0.2) is 9.97 Å². The lowest BCUT2D eigenvalue weighted by Gasteiger charge is -2.18. The molecule has 0 atom stereocenters. The third-order valence-corrected chi connectivity index (χ3v) is 11.6. The second kappa shape index (κ2) is 13.6. The minimum absolute atomic E-state index is 0.695. The Morgan fingerprint density at radius 3 is 1.62 bits per heavy atom. The van der Waals surface area contributed by atoms with Crippen molar-refractivity contribution in [2.75, 3.05) is 0 Å². The maximum Gasteiger partial charge on any atom is 0.160 e. The Kier molecular flexibility index (Phi) is 7.90. The summed E-state index contributed by atoms with van der Waals surface area (Å²) in [5.41, 5.74) is 16.5. The van der Waals surface area contributed by atoms with Crippen molar-refractivity contribution in [3.63, 3.8) is 0 Å². The van der Waals surface area contributed by atoms with Crippen LogP contribution in [-0.2, 0) is 0 Å². The normalized spacial score (nSPS) is 11.6. The van der Waals surface area contributed by atoms with Gasteiger partial charge in [-0.2, -0.15) is 0 Å². The summed E-state index contributed by atoms with van der Waals surface area (Å²) >= 11 is 0. The molecule has 274 valence electrons. The molecule has 0 aliphatic heterocycles. The Morgan fingerprint density at radius 2 is 0.914 bits per heavy atom. The van der Waals surface area contributed by atoms with Crippen LogP contribution in [0, 0.1) is 13.8 Å². The van der Waals surface area contributed by atoms with Crippen LogP contribution in [0.3, 0.4) is 0 Å². The molecule has 11 rings (SSSR count). The smallest absolute Gasteiger partial charge is 0.160 e. The number of hydrogen-bond donors (Lipinski definition) is 0. The van der Waals surface area contributed by atoms with Crippen molar-refractivity contribution in [2.24, 2.45) is 0 Å². The molecule has 0 saturated carbocycles. The van der Waals surface area contributed by atoms with Gasteiger partial charge in [0, 0.05) is 43.9 Å². The third kappa shape index (κ3) is 5.45. The van der Waals surface area contributed by atoms with Crippen LogP contribution >= 0.6 is 0 Å². The van der Waals surface area contributed by atoms with Gasteiger partial charge in [-0.3, -0.25) is 0 Å². The van der Waals surface area contributed by atoms with Crippen molar-refractivity contribution in [1.82, 2.24) is 19.1 Å². The Hall–Kier alpha value is -7.56. The lowest BCUT2D eigenvalue weighted by molar-refractivity contribution is 1.12. The molecular formula is C54H38N4. The summed E-state index contributed by atoms with van der Waals surface area (Å²) in [7, 11) is 0. The molecule has 0 unspecified atom stereocenters. The van der Waals surface area contributed by atoms with E-state index in [1.54, 1.807) is 0 Å². The van der Waals surface area contributed by atoms with Crippen molar-refractivity contribution < 1.29 is 0 Å². The number of nitrogens with zero attached hydrogens (tertiary/aromatic N) is 4. The highest BCUT2D eigenvalue weighted by atomic mass is 15.0. The first-order valence-electron chi connectivity index (χ1n) is 19.8. The molecule has 3 heterocycles. The Morgan fingerprint density at radius 1 is 0.362 bits per heavy atom. The number of rotatable bonds is 6. The molecule has 0 aliphatic carbocycles. The molecule has 0 bridgehead atoms. The molecule has 0 aliphatic rings. The van der Waals surface area contributed by atoms with Gasteiger partial charge in [-0.1, -0.05) is 140 Å². The van der Waals surface area contributed by atoms with Gasteiger partial charge < -0.3 is 9.13 Å². The van der Waals surface area contributed by atoms with E-state index in [1.807, 2.05) is 12.1 Å². The van der Waals surface area contributed by atoms with Gasteiger partial charge in [0.15, 0.2) is 5.82 Å². The van der Waals surface area contributed by atoms with Crippen LogP contribution in [0.1, 0.15) is 11.1 Å². The van der Waals surface area contributed by atoms with Gasteiger partial charge in [0.05, 0.1) is 39.1 Å². The average molecular weight is 743 g/mol. The maximum absolute atomic E-state index is 5.43. The predicted molar refractivity (Wildman–Crippen MR) is 242 cm³/mol. The van der Waals surface area contributed by atoms with Crippen molar-refractivity contribution in [3.8, 4) is 56.4 Å². The van der Waals surface area contributed by atoms with Crippen molar-refractivity contribution in [2.45, 2.75) is 13.8 Å². The van der Waals surface area contributed by atoms with E-state index in [1.165, 1.54) is 49.4 Å². The Labute approximate surface area is 337 Å². The molecule has 0 spiro atoms. The maximum atomic E-state index is 5.43. The molecule has 0 radical (unpaired) electrons. The minimum atomic E-state index is 0.695. The number of para-hydroxylation sites is 4. The summed E-state index contributed by atoms with van der Waals surface area (Å²) in [5, 5.41) is 4.83. The first-order chi connectivity index (χ1) is 28.6. The van der Waals surface area contributed by atoms with Crippen LogP contribution < -0.4 is 0 Å². The largest absolute Gasteiger partial charge is 0.309 e. The van der Waals surface area contributed by atoms with Crippen LogP contribution in [0.4, 0.5) is 0 Å². The molecule has 4 heteroatoms. The lowest BCUT2D eigenvalue weighted by atomic mass is 9.95. The zero-order chi connectivity index (χ0) is 38.7. The van der Waals surface area contributed by atoms with Gasteiger partial charge in [-0.15, -0.1) is 0 Å². The van der Waals surface area contributed by atoms with Crippen molar-refractivity contribution in [3.05, 3.63) is 205 Å². The quantitative estimate of drug-likeness (QED) is 0.170. The highest BCUT2D eigenvalue weighted by Gasteiger charge is 2.23. The van der Waals surface area contributed by atoms with E-state index in [4.69, 9.17) is 9.97 Å². The zero-order valence-corrected chi connectivity index (χ0v) is 32.3. The van der Waals surface area contributed by atoms with Crippen LogP contribution in [0.2, 0.25) is 0 Å². The topological polar surface area (TPSA) is 35.6 Å². The van der Waals surface area contributed by atoms with Gasteiger partial charge in [0.25, 0.3) is 0 Å². The molecule has 0 saturated heterocycles. The van der Waals surface area contributed by atoms with Gasteiger partial charge in [0.1, 0.15) is 0 Å². The highest BCUT2D eigenvalue weighted by Crippen LogP contribution is 2.44. The van der Waals surface area contributed by atoms with Gasteiger partial charge in [-0.05, 0) is 90.7 Å². The molecule has 11 aromatic rings. The highest BCUT2D eigenvalue weighted by molar-refractivity contribution is 6.16. The SMILES string of the molecule is Cc1cccc(C)c1-n1c2ccccc2c2cc(-c3ccc4c(c3)c3ccccc3n4-c3ccccc3)cc(-c3cc(-c4ccccc4)nc(-c4ccccc4)n3)c21. The number of hydrogen-bond acceptors (Lipinski definition) is 2. The standard InChI is InChI=1S/C54H38N4/c1-35-17-16-18-36(2)52(35)58-50-28-15-13-26-43(50)45-32-40(39-29-30-51-44(31-39)42-25-12-14-27-49(42)57(51)41-23-10-5-11-24-41)33-46(53(45)58)48-34-47(37-19-6-3-7-20-37)55-54(56-48)38-21-8-4-9-22-38/h3-34H,1-2H3. The summed E-state index contributed by atoms with van der Waals surface area (Å²) in [5.74, 6) is 0.695. The fraction of sp³-hybridized carbons (Fsp3) is 0.0370. The van der Waals surface area contributed by atoms with Crippen LogP contribution in [-0.4, -0.2) is 19.1 Å². The Bertz CT molecular complexity index is 3260. The van der Waals surface area contributed by atoms with Crippen molar-refractivity contribution in [1.29, 1.82) is 0 Å². The van der Waals surface area contributed by atoms with Gasteiger partial charge in [0.2, 0.25) is 0 Å². The second-order valence-corrected chi connectivity index (χ2v) is 15.1. The minimum Gasteiger partial charge on any atom is -0.309 e. The monoisotopic (exact) mass is 742 g/mol. The van der Waals surface area contributed by atoms with E-state index in [0.717, 1.165) is 55.9 Å². The molecule has 0 amide bonds. The molecule has 58 heavy (non-hydrogen) atoms. The van der Waals surface area contributed by atoms with E-state index in [9.17, 15) is 0 Å². The van der Waals surface area contributed by atoms with Crippen LogP contribution in [0.25, 0.3) is 100 Å². The van der Waals surface area contributed by atoms with Crippen LogP contribution in [0.15, 0.2) is 194 Å². The lowest BCUT2D eigenvalue weighted by Crippen LogP contribution is -2.02. The summed E-state index contributed by atoms with van der Waals surface area (Å²) in [6, 6.07) is 69.4. The van der Waals surface area contributed by atoms with E-state index < -0.39 is 0 Å². The molecule has 0 N–H and O–H groups in total. The van der Waals surface area contributed by atoms with Crippen LogP contribution in [0.5, 0.6) is 0 Å². The van der Waals surface area contributed by atoms with E-state index in [2.05, 4.69) is 205 Å². The fourth-order valence-corrected chi connectivity index (χ4v) is 8.92. The fourth-order valence-electron chi connectivity index (χ4n) is 8.92. The molecule has 8 aromatic carbocycles. The van der Waals surface area contributed by atoms with E-state index in [-0.39, 0.29) is 0 Å². The van der Waals surface area contributed by atoms with E-state index >= 15 is 0 Å². The first-order valence-corrected chi connectivity index (χ1v) is 19.8. The predicted octanol–water partition coefficient (Wildman–Crippen LogP) is 14.0. The number of benzene rings is 8. The zero-order valence-electron chi connectivity index (χ0n) is 32.3. The summed E-state index contributed by atoms with van der Waals surface area (Å²) in [6.45, 7) is 4.42.